The first-order valence-corrected chi connectivity index (χ1v) is 6.46. The topological polar surface area (TPSA) is 33.1 Å². The average molecular weight is 310 g/mol. The van der Waals surface area contributed by atoms with Crippen molar-refractivity contribution in [3.63, 3.8) is 0 Å². The quantitative estimate of drug-likeness (QED) is 0.941. The van der Waals surface area contributed by atoms with Gasteiger partial charge in [-0.1, -0.05) is 12.1 Å². The summed E-state index contributed by atoms with van der Waals surface area (Å²) in [5.41, 5.74) is 1.79. The Hall–Kier alpha value is -1.26. The first-order valence-electron chi connectivity index (χ1n) is 5.66. The van der Waals surface area contributed by atoms with Gasteiger partial charge in [0.05, 0.1) is 10.6 Å². The molecule has 2 nitrogen and oxygen atoms in total. The number of halogens is 2. The van der Waals surface area contributed by atoms with Crippen molar-refractivity contribution < 1.29 is 9.50 Å². The summed E-state index contributed by atoms with van der Waals surface area (Å²) in [6.07, 6.45) is 3.80. The normalized spacial score (nSPS) is 12.4. The summed E-state index contributed by atoms with van der Waals surface area (Å²) in [6.45, 7) is 0. The monoisotopic (exact) mass is 309 g/mol. The van der Waals surface area contributed by atoms with Gasteiger partial charge in [-0.15, -0.1) is 0 Å². The fourth-order valence-corrected chi connectivity index (χ4v) is 2.25. The van der Waals surface area contributed by atoms with Gasteiger partial charge in [-0.25, -0.2) is 4.39 Å². The lowest BCUT2D eigenvalue weighted by molar-refractivity contribution is 0.175. The van der Waals surface area contributed by atoms with Gasteiger partial charge in [0, 0.05) is 12.4 Å². The van der Waals surface area contributed by atoms with Gasteiger partial charge in [-0.3, -0.25) is 4.98 Å². The maximum absolute atomic E-state index is 13.3. The Kier molecular flexibility index (Phi) is 4.44. The van der Waals surface area contributed by atoms with Crippen molar-refractivity contribution >= 4 is 15.9 Å². The van der Waals surface area contributed by atoms with Crippen molar-refractivity contribution in [2.24, 2.45) is 0 Å². The van der Waals surface area contributed by atoms with Gasteiger partial charge in [0.1, 0.15) is 5.82 Å². The van der Waals surface area contributed by atoms with Crippen LogP contribution in [-0.4, -0.2) is 16.2 Å². The van der Waals surface area contributed by atoms with Crippen LogP contribution < -0.4 is 0 Å². The number of hydrogen-bond acceptors (Lipinski definition) is 2. The molecule has 4 heteroatoms. The molecule has 0 saturated heterocycles. The molecule has 1 aromatic heterocycles. The Morgan fingerprint density at radius 1 is 1.17 bits per heavy atom. The lowest BCUT2D eigenvalue weighted by Crippen LogP contribution is -2.14. The van der Waals surface area contributed by atoms with Crippen molar-refractivity contribution in [2.45, 2.75) is 18.9 Å². The second-order valence-corrected chi connectivity index (χ2v) is 4.92. The molecule has 1 unspecified atom stereocenters. The molecule has 0 aliphatic carbocycles. The van der Waals surface area contributed by atoms with Crippen LogP contribution in [0.1, 0.15) is 11.1 Å². The Balaban J connectivity index is 2.03. The first kappa shape index (κ1) is 13.2. The van der Waals surface area contributed by atoms with Crippen LogP contribution in [0.3, 0.4) is 0 Å². The highest BCUT2D eigenvalue weighted by Crippen LogP contribution is 2.22. The van der Waals surface area contributed by atoms with Crippen molar-refractivity contribution in [1.29, 1.82) is 0 Å². The maximum Gasteiger partial charge on any atom is 0.137 e. The van der Waals surface area contributed by atoms with E-state index in [4.69, 9.17) is 0 Å². The van der Waals surface area contributed by atoms with Crippen molar-refractivity contribution in [3.8, 4) is 0 Å². The number of pyridine rings is 1. The predicted molar refractivity (Wildman–Crippen MR) is 71.8 cm³/mol. The van der Waals surface area contributed by atoms with E-state index in [0.717, 1.165) is 11.1 Å². The zero-order chi connectivity index (χ0) is 13.0. The lowest BCUT2D eigenvalue weighted by Gasteiger charge is -2.12. The van der Waals surface area contributed by atoms with E-state index in [1.54, 1.807) is 18.5 Å². The van der Waals surface area contributed by atoms with E-state index in [2.05, 4.69) is 20.9 Å². The van der Waals surface area contributed by atoms with E-state index >= 15 is 0 Å². The molecule has 94 valence electrons. The zero-order valence-electron chi connectivity index (χ0n) is 9.68. The Labute approximate surface area is 114 Å². The van der Waals surface area contributed by atoms with Crippen LogP contribution in [0.15, 0.2) is 47.2 Å². The molecule has 0 radical (unpaired) electrons. The highest BCUT2D eigenvalue weighted by atomic mass is 79.9. The minimum atomic E-state index is -0.537. The summed E-state index contributed by atoms with van der Waals surface area (Å²) in [5, 5.41) is 10.0. The molecule has 0 bridgehead atoms. The number of nitrogens with zero attached hydrogens (tertiary/aromatic N) is 1. The summed E-state index contributed by atoms with van der Waals surface area (Å²) in [4.78, 5) is 3.92. The van der Waals surface area contributed by atoms with Crippen molar-refractivity contribution in [1.82, 2.24) is 4.98 Å². The van der Waals surface area contributed by atoms with E-state index in [1.165, 1.54) is 6.07 Å². The van der Waals surface area contributed by atoms with Gasteiger partial charge in [0.25, 0.3) is 0 Å². The molecule has 0 saturated carbocycles. The number of hydrogen-bond donors (Lipinski definition) is 1. The third kappa shape index (κ3) is 3.37. The van der Waals surface area contributed by atoms with Crippen molar-refractivity contribution in [3.05, 3.63) is 64.1 Å². The van der Waals surface area contributed by atoms with Gasteiger partial charge in [-0.2, -0.15) is 0 Å². The van der Waals surface area contributed by atoms with Crippen LogP contribution in [0.4, 0.5) is 4.39 Å². The SMILES string of the molecule is OC(Cc1ccncc1)Cc1cccc(F)c1Br. The highest BCUT2D eigenvalue weighted by Gasteiger charge is 2.11. The van der Waals surface area contributed by atoms with Crippen LogP contribution in [-0.2, 0) is 12.8 Å². The zero-order valence-corrected chi connectivity index (χ0v) is 11.3. The predicted octanol–water partition coefficient (Wildman–Crippen LogP) is 3.13. The third-order valence-electron chi connectivity index (χ3n) is 2.71. The highest BCUT2D eigenvalue weighted by molar-refractivity contribution is 9.10. The summed E-state index contributed by atoms with van der Waals surface area (Å²) in [7, 11) is 0. The smallest absolute Gasteiger partial charge is 0.137 e. The van der Waals surface area contributed by atoms with E-state index in [0.29, 0.717) is 17.3 Å². The van der Waals surface area contributed by atoms with E-state index in [1.807, 2.05) is 18.2 Å². The lowest BCUT2D eigenvalue weighted by atomic mass is 10.0. The Morgan fingerprint density at radius 2 is 1.89 bits per heavy atom. The van der Waals surface area contributed by atoms with Crippen LogP contribution in [0.2, 0.25) is 0 Å². The van der Waals surface area contributed by atoms with Crippen LogP contribution in [0.5, 0.6) is 0 Å². The fourth-order valence-electron chi connectivity index (χ4n) is 1.82. The number of aliphatic hydroxyl groups is 1. The third-order valence-corrected chi connectivity index (χ3v) is 3.60. The number of aromatic nitrogens is 1. The van der Waals surface area contributed by atoms with Gasteiger partial charge in [0.2, 0.25) is 0 Å². The van der Waals surface area contributed by atoms with Crippen LogP contribution in [0.25, 0.3) is 0 Å². The second-order valence-electron chi connectivity index (χ2n) is 4.13. The maximum atomic E-state index is 13.3. The minimum absolute atomic E-state index is 0.302. The summed E-state index contributed by atoms with van der Waals surface area (Å²) in [5.74, 6) is -0.302. The molecule has 0 spiro atoms. The molecular weight excluding hydrogens is 297 g/mol. The molecule has 0 amide bonds. The summed E-state index contributed by atoms with van der Waals surface area (Å²) in [6, 6.07) is 8.58. The van der Waals surface area contributed by atoms with E-state index in [9.17, 15) is 9.50 Å². The van der Waals surface area contributed by atoms with Gasteiger partial charge in [-0.05, 0) is 58.1 Å². The Bertz CT molecular complexity index is 518. The second kappa shape index (κ2) is 6.07. The number of benzene rings is 1. The molecule has 1 aromatic carbocycles. The number of rotatable bonds is 4. The minimum Gasteiger partial charge on any atom is -0.392 e. The van der Waals surface area contributed by atoms with E-state index in [-0.39, 0.29) is 5.82 Å². The molecule has 0 aliphatic rings. The molecule has 1 heterocycles. The average Bonchev–Trinajstić information content (AvgIpc) is 2.36. The molecule has 0 aliphatic heterocycles. The molecule has 1 atom stereocenters. The van der Waals surface area contributed by atoms with Gasteiger partial charge in [0.15, 0.2) is 0 Å². The van der Waals surface area contributed by atoms with E-state index < -0.39 is 6.10 Å². The largest absolute Gasteiger partial charge is 0.392 e. The molecule has 0 fully saturated rings. The molecular formula is C14H13BrFNO. The molecule has 18 heavy (non-hydrogen) atoms. The van der Waals surface area contributed by atoms with Crippen LogP contribution >= 0.6 is 15.9 Å². The molecule has 2 aromatic rings. The Morgan fingerprint density at radius 3 is 2.61 bits per heavy atom. The summed E-state index contributed by atoms with van der Waals surface area (Å²) < 4.78 is 13.7. The van der Waals surface area contributed by atoms with Gasteiger partial charge >= 0.3 is 0 Å². The van der Waals surface area contributed by atoms with Crippen molar-refractivity contribution in [2.75, 3.05) is 0 Å². The first-order chi connectivity index (χ1) is 8.66. The fraction of sp³-hybridized carbons (Fsp3) is 0.214. The van der Waals surface area contributed by atoms with Crippen LogP contribution in [0, 0.1) is 5.82 Å². The summed E-state index contributed by atoms with van der Waals surface area (Å²) >= 11 is 3.20. The number of aliphatic hydroxyl groups excluding tert-OH is 1. The molecule has 2 rings (SSSR count). The van der Waals surface area contributed by atoms with Gasteiger partial charge < -0.3 is 5.11 Å². The standard InChI is InChI=1S/C14H13BrFNO/c15-14-11(2-1-3-13(14)16)9-12(18)8-10-4-6-17-7-5-10/h1-7,12,18H,8-9H2. The molecule has 1 N–H and O–H groups in total.